The van der Waals surface area contributed by atoms with Crippen LogP contribution in [0.5, 0.6) is 5.75 Å². The number of ether oxygens (including phenoxy) is 1. The number of hydrogen-bond acceptors (Lipinski definition) is 3. The highest BCUT2D eigenvalue weighted by atomic mass is 35.5. The Morgan fingerprint density at radius 1 is 1.61 bits per heavy atom. The van der Waals surface area contributed by atoms with Crippen LogP contribution < -0.4 is 10.1 Å². The number of carbonyl (C=O) groups excluding carboxylic acids is 1. The van der Waals surface area contributed by atoms with E-state index < -0.39 is 0 Å². The number of benzene rings is 1. The van der Waals surface area contributed by atoms with Gasteiger partial charge in [-0.3, -0.25) is 4.79 Å². The highest BCUT2D eigenvalue weighted by molar-refractivity contribution is 6.30. The summed E-state index contributed by atoms with van der Waals surface area (Å²) in [7, 11) is 0. The molecule has 1 aliphatic heterocycles. The van der Waals surface area contributed by atoms with E-state index in [0.717, 1.165) is 5.56 Å². The van der Waals surface area contributed by atoms with E-state index in [1.807, 2.05) is 0 Å². The van der Waals surface area contributed by atoms with Crippen molar-refractivity contribution in [2.24, 2.45) is 0 Å². The maximum atomic E-state index is 11.9. The standard InChI is InChI=1S/C13H14ClNO3/c1-8(6-16)15-13(17)10-4-9-5-11(14)2-3-12(9)18-7-10/h2-5,8,16H,6-7H2,1H3,(H,15,17). The van der Waals surface area contributed by atoms with Crippen LogP contribution in [0.4, 0.5) is 0 Å². The van der Waals surface area contributed by atoms with E-state index in [2.05, 4.69) is 5.32 Å². The first-order valence-electron chi connectivity index (χ1n) is 5.65. The third-order valence-corrected chi connectivity index (χ3v) is 2.86. The molecule has 2 rings (SSSR count). The lowest BCUT2D eigenvalue weighted by Crippen LogP contribution is -2.37. The van der Waals surface area contributed by atoms with Gasteiger partial charge in [-0.2, -0.15) is 0 Å². The molecule has 2 N–H and O–H groups in total. The fraction of sp³-hybridized carbons (Fsp3) is 0.308. The molecule has 0 spiro atoms. The Kier molecular flexibility index (Phi) is 3.89. The van der Waals surface area contributed by atoms with E-state index in [0.29, 0.717) is 16.3 Å². The van der Waals surface area contributed by atoms with E-state index in [-0.39, 0.29) is 25.2 Å². The summed E-state index contributed by atoms with van der Waals surface area (Å²) >= 11 is 5.89. The van der Waals surface area contributed by atoms with Crippen LogP contribution in [0.1, 0.15) is 12.5 Å². The highest BCUT2D eigenvalue weighted by Gasteiger charge is 2.18. The predicted molar refractivity (Wildman–Crippen MR) is 69.6 cm³/mol. The van der Waals surface area contributed by atoms with Crippen molar-refractivity contribution in [3.05, 3.63) is 34.4 Å². The zero-order valence-corrected chi connectivity index (χ0v) is 10.7. The first-order chi connectivity index (χ1) is 8.60. The van der Waals surface area contributed by atoms with Crippen molar-refractivity contribution < 1.29 is 14.6 Å². The number of fused-ring (bicyclic) bond motifs is 1. The molecule has 1 unspecified atom stereocenters. The van der Waals surface area contributed by atoms with Gasteiger partial charge in [0.25, 0.3) is 5.91 Å². The third kappa shape index (κ3) is 2.83. The molecular formula is C13H14ClNO3. The molecule has 18 heavy (non-hydrogen) atoms. The van der Waals surface area contributed by atoms with Crippen LogP contribution in [0, 0.1) is 0 Å². The van der Waals surface area contributed by atoms with Crippen LogP contribution in [0.15, 0.2) is 23.8 Å². The molecule has 1 aromatic rings. The highest BCUT2D eigenvalue weighted by Crippen LogP contribution is 2.28. The molecule has 0 aromatic heterocycles. The Bertz CT molecular complexity index is 499. The number of carbonyl (C=O) groups is 1. The van der Waals surface area contributed by atoms with E-state index in [1.54, 1.807) is 31.2 Å². The number of aliphatic hydroxyl groups excluding tert-OH is 1. The van der Waals surface area contributed by atoms with E-state index in [1.165, 1.54) is 0 Å². The molecule has 0 radical (unpaired) electrons. The number of hydrogen-bond donors (Lipinski definition) is 2. The van der Waals surface area contributed by atoms with Gasteiger partial charge in [0.2, 0.25) is 0 Å². The average Bonchev–Trinajstić information content (AvgIpc) is 2.37. The third-order valence-electron chi connectivity index (χ3n) is 2.63. The molecule has 0 saturated heterocycles. The summed E-state index contributed by atoms with van der Waals surface area (Å²) in [6, 6.07) is 4.99. The number of nitrogens with one attached hydrogen (secondary N) is 1. The molecule has 0 saturated carbocycles. The van der Waals surface area contributed by atoms with Gasteiger partial charge in [0.1, 0.15) is 12.4 Å². The molecule has 0 aliphatic carbocycles. The molecule has 1 heterocycles. The number of aliphatic hydroxyl groups is 1. The van der Waals surface area contributed by atoms with Crippen molar-refractivity contribution in [1.29, 1.82) is 0 Å². The summed E-state index contributed by atoms with van der Waals surface area (Å²) < 4.78 is 5.48. The molecule has 1 aromatic carbocycles. The van der Waals surface area contributed by atoms with Crippen molar-refractivity contribution in [2.45, 2.75) is 13.0 Å². The van der Waals surface area contributed by atoms with Crippen LogP contribution in [0.2, 0.25) is 5.02 Å². The zero-order chi connectivity index (χ0) is 13.1. The van der Waals surface area contributed by atoms with Crippen LogP contribution in [-0.4, -0.2) is 30.3 Å². The normalized spacial score (nSPS) is 15.2. The molecule has 4 nitrogen and oxygen atoms in total. The maximum absolute atomic E-state index is 11.9. The molecule has 0 fully saturated rings. The average molecular weight is 268 g/mol. The topological polar surface area (TPSA) is 58.6 Å². The molecule has 5 heteroatoms. The van der Waals surface area contributed by atoms with Crippen LogP contribution in [0.25, 0.3) is 6.08 Å². The van der Waals surface area contributed by atoms with Gasteiger partial charge in [0.15, 0.2) is 0 Å². The second-order valence-corrected chi connectivity index (χ2v) is 4.63. The largest absolute Gasteiger partial charge is 0.488 e. The predicted octanol–water partition coefficient (Wildman–Crippen LogP) is 1.61. The van der Waals surface area contributed by atoms with Crippen LogP contribution in [-0.2, 0) is 4.79 Å². The summed E-state index contributed by atoms with van der Waals surface area (Å²) in [6.45, 7) is 1.86. The molecule has 0 bridgehead atoms. The van der Waals surface area contributed by atoms with Crippen LogP contribution in [0.3, 0.4) is 0 Å². The molecule has 1 amide bonds. The smallest absolute Gasteiger partial charge is 0.250 e. The summed E-state index contributed by atoms with van der Waals surface area (Å²) in [4.78, 5) is 11.9. The summed E-state index contributed by atoms with van der Waals surface area (Å²) in [5.74, 6) is 0.480. The molecule has 1 aliphatic rings. The SMILES string of the molecule is CC(CO)NC(=O)C1=Cc2cc(Cl)ccc2OC1. The first kappa shape index (κ1) is 12.9. The number of amides is 1. The van der Waals surface area contributed by atoms with Gasteiger partial charge in [0.05, 0.1) is 12.2 Å². The van der Waals surface area contributed by atoms with E-state index in [9.17, 15) is 4.79 Å². The second kappa shape index (κ2) is 5.42. The Labute approximate surface area is 110 Å². The lowest BCUT2D eigenvalue weighted by Gasteiger charge is -2.19. The van der Waals surface area contributed by atoms with Crippen molar-refractivity contribution in [3.8, 4) is 5.75 Å². The monoisotopic (exact) mass is 267 g/mol. The Hall–Kier alpha value is -1.52. The van der Waals surface area contributed by atoms with Gasteiger partial charge < -0.3 is 15.2 Å². The lowest BCUT2D eigenvalue weighted by molar-refractivity contribution is -0.118. The Morgan fingerprint density at radius 3 is 3.11 bits per heavy atom. The lowest BCUT2D eigenvalue weighted by atomic mass is 10.1. The second-order valence-electron chi connectivity index (χ2n) is 4.20. The maximum Gasteiger partial charge on any atom is 0.250 e. The molecule has 96 valence electrons. The minimum atomic E-state index is -0.279. The summed E-state index contributed by atoms with van der Waals surface area (Å²) in [5.41, 5.74) is 1.31. The fourth-order valence-electron chi connectivity index (χ4n) is 1.64. The van der Waals surface area contributed by atoms with E-state index >= 15 is 0 Å². The summed E-state index contributed by atoms with van der Waals surface area (Å²) in [6.07, 6.45) is 1.75. The molecule has 1 atom stereocenters. The number of halogens is 1. The molecular weight excluding hydrogens is 254 g/mol. The number of rotatable bonds is 3. The summed E-state index contributed by atoms with van der Waals surface area (Å²) in [5, 5.41) is 12.2. The quantitative estimate of drug-likeness (QED) is 0.875. The van der Waals surface area contributed by atoms with Crippen molar-refractivity contribution in [2.75, 3.05) is 13.2 Å². The van der Waals surface area contributed by atoms with Crippen LogP contribution >= 0.6 is 11.6 Å². The van der Waals surface area contributed by atoms with Gasteiger partial charge in [0, 0.05) is 16.6 Å². The first-order valence-corrected chi connectivity index (χ1v) is 6.02. The Balaban J connectivity index is 2.19. The van der Waals surface area contributed by atoms with Gasteiger partial charge in [-0.05, 0) is 31.2 Å². The van der Waals surface area contributed by atoms with Gasteiger partial charge in [-0.25, -0.2) is 0 Å². The van der Waals surface area contributed by atoms with Gasteiger partial charge in [-0.1, -0.05) is 11.6 Å². The van der Waals surface area contributed by atoms with Crippen molar-refractivity contribution in [3.63, 3.8) is 0 Å². The van der Waals surface area contributed by atoms with Gasteiger partial charge >= 0.3 is 0 Å². The Morgan fingerprint density at radius 2 is 2.39 bits per heavy atom. The zero-order valence-electron chi connectivity index (χ0n) is 9.94. The fourth-order valence-corrected chi connectivity index (χ4v) is 1.82. The van der Waals surface area contributed by atoms with Crippen molar-refractivity contribution >= 4 is 23.6 Å². The minimum absolute atomic E-state index is 0.0949. The van der Waals surface area contributed by atoms with Gasteiger partial charge in [-0.15, -0.1) is 0 Å². The van der Waals surface area contributed by atoms with E-state index in [4.69, 9.17) is 21.4 Å². The van der Waals surface area contributed by atoms with Crippen molar-refractivity contribution in [1.82, 2.24) is 5.32 Å². The minimum Gasteiger partial charge on any atom is -0.488 e.